The van der Waals surface area contributed by atoms with Crippen molar-refractivity contribution >= 4 is 46.6 Å². The number of nitrogens with one attached hydrogen (secondary N) is 1. The van der Waals surface area contributed by atoms with E-state index in [2.05, 4.69) is 20.3 Å². The van der Waals surface area contributed by atoms with E-state index in [0.717, 1.165) is 24.6 Å². The monoisotopic (exact) mass is 632 g/mol. The number of piperidine rings is 1. The molecule has 11 nitrogen and oxygen atoms in total. The Morgan fingerprint density at radius 2 is 1.95 bits per heavy atom. The van der Waals surface area contributed by atoms with Gasteiger partial charge in [0.05, 0.1) is 16.9 Å². The number of aromatic nitrogens is 4. The highest BCUT2D eigenvalue weighted by molar-refractivity contribution is 7.99. The van der Waals surface area contributed by atoms with Crippen LogP contribution in [0.2, 0.25) is 5.02 Å². The summed E-state index contributed by atoms with van der Waals surface area (Å²) in [6.07, 6.45) is 4.41. The fourth-order valence-electron chi connectivity index (χ4n) is 6.33. The Labute approximate surface area is 255 Å². The summed E-state index contributed by atoms with van der Waals surface area (Å²) in [4.78, 5) is 41.5. The van der Waals surface area contributed by atoms with Gasteiger partial charge in [0.25, 0.3) is 11.5 Å². The second-order valence-corrected chi connectivity index (χ2v) is 12.8. The Morgan fingerprint density at radius 3 is 2.65 bits per heavy atom. The zero-order valence-corrected chi connectivity index (χ0v) is 24.7. The highest BCUT2D eigenvalue weighted by Crippen LogP contribution is 2.52. The van der Waals surface area contributed by atoms with Gasteiger partial charge in [-0.1, -0.05) is 29.4 Å². The van der Waals surface area contributed by atoms with E-state index in [9.17, 15) is 23.5 Å². The minimum absolute atomic E-state index is 0.162. The molecule has 3 aliphatic rings. The number of aromatic hydroxyl groups is 1. The van der Waals surface area contributed by atoms with Gasteiger partial charge >= 0.3 is 0 Å². The van der Waals surface area contributed by atoms with Crippen LogP contribution in [0.25, 0.3) is 0 Å². The molecule has 1 aliphatic carbocycles. The third-order valence-electron chi connectivity index (χ3n) is 8.66. The zero-order valence-electron chi connectivity index (χ0n) is 23.2. The lowest BCUT2D eigenvalue weighted by atomic mass is 9.74. The van der Waals surface area contributed by atoms with Crippen LogP contribution >= 0.6 is 23.4 Å². The first-order valence-corrected chi connectivity index (χ1v) is 15.3. The third kappa shape index (κ3) is 5.63. The normalized spacial score (nSPS) is 20.7. The van der Waals surface area contributed by atoms with Gasteiger partial charge in [-0.05, 0) is 43.2 Å². The summed E-state index contributed by atoms with van der Waals surface area (Å²) < 4.78 is 29.4. The summed E-state index contributed by atoms with van der Waals surface area (Å²) in [5, 5.41) is 13.5. The lowest BCUT2D eigenvalue weighted by molar-refractivity contribution is -0.00684. The summed E-state index contributed by atoms with van der Waals surface area (Å²) in [6, 6.07) is 4.43. The Kier molecular flexibility index (Phi) is 7.71. The molecule has 2 aliphatic heterocycles. The molecule has 1 saturated carbocycles. The summed E-state index contributed by atoms with van der Waals surface area (Å²) in [5.74, 6) is -2.99. The molecule has 6 N–H and O–H groups in total. The fraction of sp³-hybridized carbons (Fsp3) is 0.464. The number of rotatable bonds is 5. The van der Waals surface area contributed by atoms with Gasteiger partial charge in [-0.3, -0.25) is 14.2 Å². The van der Waals surface area contributed by atoms with Crippen molar-refractivity contribution in [2.75, 3.05) is 29.0 Å². The lowest BCUT2D eigenvalue weighted by Crippen LogP contribution is -2.47. The Balaban J connectivity index is 1.15. The fourth-order valence-corrected chi connectivity index (χ4v) is 7.43. The maximum absolute atomic E-state index is 14.0. The molecule has 3 aromatic rings. The molecule has 228 valence electrons. The van der Waals surface area contributed by atoms with E-state index >= 15 is 0 Å². The van der Waals surface area contributed by atoms with E-state index in [0.29, 0.717) is 60.5 Å². The highest BCUT2D eigenvalue weighted by atomic mass is 35.5. The first-order valence-electron chi connectivity index (χ1n) is 14.1. The van der Waals surface area contributed by atoms with E-state index < -0.39 is 40.3 Å². The average Bonchev–Trinajstić information content (AvgIpc) is 3.18. The third-order valence-corrected chi connectivity index (χ3v) is 10.2. The number of anilines is 3. The first kappa shape index (κ1) is 29.6. The van der Waals surface area contributed by atoms with Gasteiger partial charge in [0.15, 0.2) is 11.4 Å². The second-order valence-electron chi connectivity index (χ2n) is 11.4. The maximum atomic E-state index is 14.0. The van der Waals surface area contributed by atoms with Gasteiger partial charge < -0.3 is 26.8 Å². The highest BCUT2D eigenvalue weighted by Gasteiger charge is 2.55. The molecule has 6 rings (SSSR count). The van der Waals surface area contributed by atoms with Crippen molar-refractivity contribution < 1.29 is 18.7 Å². The van der Waals surface area contributed by atoms with Gasteiger partial charge in [-0.25, -0.2) is 18.7 Å². The standard InChI is InChI=1S/C28H31ClF2N8O3S/c29-21-15(35-23(40)20-24(41)37-18-6-1-2-9-39(18)26(20)42)4-3-5-16(21)43-25-22(33)36-19(13-34-25)38-10-7-27(8-11-38)14-28(30,31)12-17(27)32/h3-5,13,17,41H,1-2,6-12,14,32H2,(H2,33,36)(H,35,40). The topological polar surface area (TPSA) is 165 Å². The van der Waals surface area contributed by atoms with Crippen LogP contribution in [0.3, 0.4) is 0 Å². The van der Waals surface area contributed by atoms with Crippen LogP contribution in [-0.2, 0) is 13.0 Å². The van der Waals surface area contributed by atoms with E-state index in [1.807, 2.05) is 4.90 Å². The quantitative estimate of drug-likeness (QED) is 0.322. The van der Waals surface area contributed by atoms with Crippen molar-refractivity contribution in [1.82, 2.24) is 19.5 Å². The minimum Gasteiger partial charge on any atom is -0.493 e. The molecule has 4 heterocycles. The number of nitrogen functional groups attached to an aromatic ring is 1. The summed E-state index contributed by atoms with van der Waals surface area (Å²) in [6.45, 7) is 1.48. The van der Waals surface area contributed by atoms with Gasteiger partial charge in [0.2, 0.25) is 11.8 Å². The van der Waals surface area contributed by atoms with E-state index in [-0.39, 0.29) is 29.4 Å². The molecular formula is C28H31ClF2N8O3S. The predicted molar refractivity (Wildman–Crippen MR) is 159 cm³/mol. The Morgan fingerprint density at radius 1 is 1.19 bits per heavy atom. The number of alkyl halides is 2. The second kappa shape index (κ2) is 11.2. The van der Waals surface area contributed by atoms with Crippen LogP contribution in [0.15, 0.2) is 39.1 Å². The number of carbonyl (C=O) groups is 1. The molecule has 2 fully saturated rings. The molecule has 15 heteroatoms. The van der Waals surface area contributed by atoms with E-state index in [1.54, 1.807) is 24.4 Å². The SMILES string of the molecule is Nc1nc(N2CCC3(CC2)CC(F)(F)CC3N)cnc1Sc1cccc(NC(=O)c2c(O)nc3n(c2=O)CCCC3)c1Cl. The van der Waals surface area contributed by atoms with Crippen molar-refractivity contribution in [1.29, 1.82) is 0 Å². The summed E-state index contributed by atoms with van der Waals surface area (Å²) in [5.41, 5.74) is 11.0. The first-order chi connectivity index (χ1) is 20.5. The maximum Gasteiger partial charge on any atom is 0.270 e. The molecular weight excluding hydrogens is 602 g/mol. The van der Waals surface area contributed by atoms with Crippen LogP contribution in [0.5, 0.6) is 5.88 Å². The number of carbonyl (C=O) groups excluding carboxylic acids is 1. The van der Waals surface area contributed by atoms with Crippen molar-refractivity contribution in [3.63, 3.8) is 0 Å². The molecule has 0 radical (unpaired) electrons. The molecule has 0 bridgehead atoms. The minimum atomic E-state index is -2.72. The van der Waals surface area contributed by atoms with E-state index in [4.69, 9.17) is 23.1 Å². The number of nitrogens with zero attached hydrogens (tertiary/aromatic N) is 5. The molecule has 1 unspecified atom stereocenters. The number of aryl methyl sites for hydroxylation is 1. The molecule has 1 saturated heterocycles. The van der Waals surface area contributed by atoms with E-state index in [1.165, 1.54) is 4.57 Å². The Bertz CT molecular complexity index is 1650. The van der Waals surface area contributed by atoms with Gasteiger partial charge in [-0.15, -0.1) is 0 Å². The molecule has 1 atom stereocenters. The van der Waals surface area contributed by atoms with Crippen LogP contribution in [-0.4, -0.2) is 55.6 Å². The van der Waals surface area contributed by atoms with Crippen molar-refractivity contribution in [2.24, 2.45) is 11.1 Å². The van der Waals surface area contributed by atoms with Crippen LogP contribution in [0.4, 0.5) is 26.1 Å². The number of amides is 1. The number of halogens is 3. The van der Waals surface area contributed by atoms with Crippen LogP contribution in [0.1, 0.15) is 54.7 Å². The number of benzene rings is 1. The molecule has 43 heavy (non-hydrogen) atoms. The van der Waals surface area contributed by atoms with Crippen LogP contribution < -0.4 is 27.2 Å². The van der Waals surface area contributed by atoms with Crippen molar-refractivity contribution in [3.05, 3.63) is 51.2 Å². The molecule has 1 spiro atoms. The van der Waals surface area contributed by atoms with Gasteiger partial charge in [-0.2, -0.15) is 4.98 Å². The number of hydrogen-bond donors (Lipinski definition) is 4. The number of fused-ring (bicyclic) bond motifs is 1. The lowest BCUT2D eigenvalue weighted by Gasteiger charge is -2.42. The summed E-state index contributed by atoms with van der Waals surface area (Å²) in [7, 11) is 0. The van der Waals surface area contributed by atoms with Gasteiger partial charge in [0.1, 0.15) is 16.7 Å². The average molecular weight is 633 g/mol. The largest absolute Gasteiger partial charge is 0.493 e. The van der Waals surface area contributed by atoms with Crippen molar-refractivity contribution in [3.8, 4) is 5.88 Å². The smallest absolute Gasteiger partial charge is 0.270 e. The summed E-state index contributed by atoms with van der Waals surface area (Å²) >= 11 is 7.77. The van der Waals surface area contributed by atoms with Crippen LogP contribution in [0, 0.1) is 5.41 Å². The molecule has 1 amide bonds. The number of nitrogens with two attached hydrogens (primary N) is 2. The predicted octanol–water partition coefficient (Wildman–Crippen LogP) is 4.06. The van der Waals surface area contributed by atoms with Crippen molar-refractivity contribution in [2.45, 2.75) is 73.4 Å². The van der Waals surface area contributed by atoms with Gasteiger partial charge in [0, 0.05) is 49.8 Å². The number of hydrogen-bond acceptors (Lipinski definition) is 10. The zero-order chi connectivity index (χ0) is 30.5. The molecule has 2 aromatic heterocycles. The molecule has 1 aromatic carbocycles. The Hall–Kier alpha value is -3.49.